The molecule has 1 aliphatic rings. The molecule has 1 N–H and O–H groups in total. The fourth-order valence-electron chi connectivity index (χ4n) is 3.35. The maximum absolute atomic E-state index is 12.9. The molecule has 0 aliphatic carbocycles. The van der Waals surface area contributed by atoms with Gasteiger partial charge in [0, 0.05) is 13.1 Å². The Morgan fingerprint density at radius 2 is 2.10 bits per heavy atom. The van der Waals surface area contributed by atoms with Gasteiger partial charge in [-0.2, -0.15) is 13.1 Å². The Labute approximate surface area is 188 Å². The Morgan fingerprint density at radius 3 is 2.74 bits per heavy atom. The summed E-state index contributed by atoms with van der Waals surface area (Å²) in [4.78, 5) is 12.7. The largest absolute Gasteiger partial charge is 0.493 e. The van der Waals surface area contributed by atoms with Gasteiger partial charge < -0.3 is 14.8 Å². The van der Waals surface area contributed by atoms with Crippen molar-refractivity contribution in [2.45, 2.75) is 36.1 Å². The van der Waals surface area contributed by atoms with Crippen LogP contribution in [0.2, 0.25) is 4.34 Å². The van der Waals surface area contributed by atoms with Crippen molar-refractivity contribution in [3.8, 4) is 11.5 Å². The molecule has 1 aromatic carbocycles. The predicted molar refractivity (Wildman–Crippen MR) is 113 cm³/mol. The minimum atomic E-state index is -3.80. The molecule has 1 saturated heterocycles. The number of nitrogens with one attached hydrogen (secondary N) is 1. The monoisotopic (exact) mass is 494 g/mol. The highest BCUT2D eigenvalue weighted by atomic mass is 35.5. The van der Waals surface area contributed by atoms with Crippen LogP contribution in [0.5, 0.6) is 11.5 Å². The summed E-state index contributed by atoms with van der Waals surface area (Å²) < 4.78 is 61.7. The van der Waals surface area contributed by atoms with Gasteiger partial charge in [-0.05, 0) is 49.1 Å². The van der Waals surface area contributed by atoms with Crippen molar-refractivity contribution in [3.05, 3.63) is 40.2 Å². The summed E-state index contributed by atoms with van der Waals surface area (Å²) in [6.07, 6.45) is 1.41. The third-order valence-corrected chi connectivity index (χ3v) is 8.38. The molecule has 1 aromatic heterocycles. The van der Waals surface area contributed by atoms with Crippen molar-refractivity contribution in [2.75, 3.05) is 20.2 Å². The zero-order valence-electron chi connectivity index (χ0n) is 16.5. The van der Waals surface area contributed by atoms with Gasteiger partial charge in [-0.15, -0.1) is 11.3 Å². The van der Waals surface area contributed by atoms with Gasteiger partial charge in [0.05, 0.1) is 11.4 Å². The summed E-state index contributed by atoms with van der Waals surface area (Å²) in [7, 11) is -2.46. The van der Waals surface area contributed by atoms with Crippen LogP contribution in [0, 0.1) is 0 Å². The third-order valence-electron chi connectivity index (χ3n) is 4.77. The molecule has 2 heterocycles. The van der Waals surface area contributed by atoms with Crippen LogP contribution in [0.1, 0.15) is 18.4 Å². The lowest BCUT2D eigenvalue weighted by Crippen LogP contribution is -2.46. The number of carbonyl (C=O) groups is 1. The average Bonchev–Trinajstić information content (AvgIpc) is 3.38. The van der Waals surface area contributed by atoms with Crippen molar-refractivity contribution in [1.82, 2.24) is 9.62 Å². The number of nitrogens with zero attached hydrogens (tertiary/aromatic N) is 1. The lowest BCUT2D eigenvalue weighted by atomic mass is 10.1. The summed E-state index contributed by atoms with van der Waals surface area (Å²) in [5.41, 5.74) is 0.739. The summed E-state index contributed by atoms with van der Waals surface area (Å²) >= 11 is 6.81. The number of rotatable bonds is 9. The first-order chi connectivity index (χ1) is 14.7. The standard InChI is InChI=1S/C19H21ClF2N2O5S2/c1-28-15-11-12(4-5-14(15)29-19(21)22)8-9-23-18(25)13-3-2-10-24(13)31(26,27)17-7-6-16(20)30-17/h4-7,11,13,19H,2-3,8-10H2,1H3,(H,23,25)/t13-/m0/s1. The zero-order valence-corrected chi connectivity index (χ0v) is 18.9. The average molecular weight is 495 g/mol. The van der Waals surface area contributed by atoms with Gasteiger partial charge in [0.25, 0.3) is 10.0 Å². The summed E-state index contributed by atoms with van der Waals surface area (Å²) in [5, 5.41) is 2.76. The van der Waals surface area contributed by atoms with E-state index in [2.05, 4.69) is 10.1 Å². The first-order valence-corrected chi connectivity index (χ1v) is 12.0. The Kier molecular flexibility index (Phi) is 7.73. The molecule has 12 heteroatoms. The minimum absolute atomic E-state index is 0.0780. The highest BCUT2D eigenvalue weighted by molar-refractivity contribution is 7.91. The lowest BCUT2D eigenvalue weighted by Gasteiger charge is -2.22. The second-order valence-electron chi connectivity index (χ2n) is 6.74. The van der Waals surface area contributed by atoms with Crippen LogP contribution >= 0.6 is 22.9 Å². The van der Waals surface area contributed by atoms with Crippen LogP contribution in [0.25, 0.3) is 0 Å². The number of methoxy groups -OCH3 is 1. The SMILES string of the molecule is COc1cc(CCNC(=O)[C@@H]2CCCN2S(=O)(=O)c2ccc(Cl)s2)ccc1OC(F)F. The van der Waals surface area contributed by atoms with Crippen molar-refractivity contribution < 1.29 is 31.5 Å². The summed E-state index contributed by atoms with van der Waals surface area (Å²) in [5.74, 6) is -0.300. The number of thiophene rings is 1. The minimum Gasteiger partial charge on any atom is -0.493 e. The number of sulfonamides is 1. The highest BCUT2D eigenvalue weighted by Gasteiger charge is 2.39. The van der Waals surface area contributed by atoms with Crippen LogP contribution in [0.3, 0.4) is 0 Å². The molecule has 170 valence electrons. The summed E-state index contributed by atoms with van der Waals surface area (Å²) in [6.45, 7) is -2.46. The number of amides is 1. The number of benzene rings is 1. The maximum Gasteiger partial charge on any atom is 0.387 e. The number of carbonyl (C=O) groups excluding carboxylic acids is 1. The van der Waals surface area contributed by atoms with Crippen LogP contribution in [-0.2, 0) is 21.2 Å². The molecule has 31 heavy (non-hydrogen) atoms. The van der Waals surface area contributed by atoms with Crippen LogP contribution in [0.15, 0.2) is 34.5 Å². The molecule has 1 atom stereocenters. The maximum atomic E-state index is 12.9. The zero-order chi connectivity index (χ0) is 22.6. The second kappa shape index (κ2) is 10.1. The van der Waals surface area contributed by atoms with Gasteiger partial charge in [-0.1, -0.05) is 17.7 Å². The molecule has 1 aliphatic heterocycles. The quantitative estimate of drug-likeness (QED) is 0.576. The molecule has 7 nitrogen and oxygen atoms in total. The fourth-order valence-corrected chi connectivity index (χ4v) is 6.62. The topological polar surface area (TPSA) is 84.9 Å². The van der Waals surface area contributed by atoms with E-state index < -0.39 is 22.7 Å². The van der Waals surface area contributed by atoms with Crippen molar-refractivity contribution in [1.29, 1.82) is 0 Å². The van der Waals surface area contributed by atoms with Gasteiger partial charge >= 0.3 is 6.61 Å². The van der Waals surface area contributed by atoms with Crippen LogP contribution in [0.4, 0.5) is 8.78 Å². The molecule has 0 bridgehead atoms. The molecule has 3 rings (SSSR count). The molecule has 0 unspecified atom stereocenters. The molecule has 0 radical (unpaired) electrons. The molecule has 2 aromatic rings. The third kappa shape index (κ3) is 5.65. The Balaban J connectivity index is 1.60. The van der Waals surface area contributed by atoms with Gasteiger partial charge in [-0.25, -0.2) is 8.42 Å². The van der Waals surface area contributed by atoms with Crippen molar-refractivity contribution in [3.63, 3.8) is 0 Å². The van der Waals surface area contributed by atoms with E-state index in [0.29, 0.717) is 23.6 Å². The first kappa shape index (κ1) is 23.7. The van der Waals surface area contributed by atoms with E-state index in [1.54, 1.807) is 12.1 Å². The molecule has 0 spiro atoms. The van der Waals surface area contributed by atoms with E-state index in [0.717, 1.165) is 16.9 Å². The van der Waals surface area contributed by atoms with Crippen LogP contribution in [-0.4, -0.2) is 51.5 Å². The Bertz CT molecular complexity index is 1030. The van der Waals surface area contributed by atoms with Gasteiger partial charge in [0.1, 0.15) is 10.3 Å². The molecule has 1 fully saturated rings. The number of hydrogen-bond acceptors (Lipinski definition) is 6. The number of halogens is 3. The van der Waals surface area contributed by atoms with E-state index in [9.17, 15) is 22.0 Å². The van der Waals surface area contributed by atoms with E-state index in [4.69, 9.17) is 16.3 Å². The van der Waals surface area contributed by atoms with Gasteiger partial charge in [0.2, 0.25) is 5.91 Å². The molecule has 1 amide bonds. The summed E-state index contributed by atoms with van der Waals surface area (Å²) in [6, 6.07) is 6.68. The molecular weight excluding hydrogens is 474 g/mol. The van der Waals surface area contributed by atoms with Crippen molar-refractivity contribution >= 4 is 38.9 Å². The normalized spacial score (nSPS) is 17.1. The highest BCUT2D eigenvalue weighted by Crippen LogP contribution is 2.32. The van der Waals surface area contributed by atoms with Crippen molar-refractivity contribution in [2.24, 2.45) is 0 Å². The fraction of sp³-hybridized carbons (Fsp3) is 0.421. The van der Waals surface area contributed by atoms with E-state index >= 15 is 0 Å². The van der Waals surface area contributed by atoms with E-state index in [1.807, 2.05) is 0 Å². The van der Waals surface area contributed by atoms with Gasteiger partial charge in [0.15, 0.2) is 11.5 Å². The Morgan fingerprint density at radius 1 is 1.32 bits per heavy atom. The second-order valence-corrected chi connectivity index (χ2v) is 10.6. The molecular formula is C19H21ClF2N2O5S2. The smallest absolute Gasteiger partial charge is 0.387 e. The first-order valence-electron chi connectivity index (χ1n) is 9.39. The predicted octanol–water partition coefficient (Wildman–Crippen LogP) is 3.52. The molecule has 0 saturated carbocycles. The lowest BCUT2D eigenvalue weighted by molar-refractivity contribution is -0.124. The van der Waals surface area contributed by atoms with E-state index in [1.165, 1.54) is 29.6 Å². The van der Waals surface area contributed by atoms with Crippen LogP contribution < -0.4 is 14.8 Å². The number of alkyl halides is 2. The number of ether oxygens (including phenoxy) is 2. The van der Waals surface area contributed by atoms with Gasteiger partial charge in [-0.3, -0.25) is 4.79 Å². The van der Waals surface area contributed by atoms with E-state index in [-0.39, 0.29) is 34.7 Å². The number of hydrogen-bond donors (Lipinski definition) is 1. The Hall–Kier alpha value is -1.95.